The normalized spacial score (nSPS) is 14.1. The van der Waals surface area contributed by atoms with Crippen LogP contribution in [0.4, 0.5) is 0 Å². The van der Waals surface area contributed by atoms with Crippen LogP contribution in [0.3, 0.4) is 0 Å². The van der Waals surface area contributed by atoms with Crippen molar-refractivity contribution in [2.75, 3.05) is 0 Å². The van der Waals surface area contributed by atoms with Gasteiger partial charge in [0, 0.05) is 11.3 Å². The number of benzene rings is 2. The molecule has 0 saturated carbocycles. The van der Waals surface area contributed by atoms with Gasteiger partial charge in [-0.2, -0.15) is 0 Å². The van der Waals surface area contributed by atoms with Gasteiger partial charge in [0.1, 0.15) is 0 Å². The van der Waals surface area contributed by atoms with Crippen LogP contribution in [0.5, 0.6) is 0 Å². The second-order valence-corrected chi connectivity index (χ2v) is 3.68. The third kappa shape index (κ3) is 0.896. The van der Waals surface area contributed by atoms with Gasteiger partial charge in [-0.1, -0.05) is 42.5 Å². The molecule has 0 spiro atoms. The summed E-state index contributed by atoms with van der Waals surface area (Å²) in [5.41, 5.74) is 9.44. The van der Waals surface area contributed by atoms with Crippen molar-refractivity contribution in [1.82, 2.24) is 0 Å². The fourth-order valence-corrected chi connectivity index (χ4v) is 2.16. The number of allylic oxidation sites excluding steroid dienone is 1. The fourth-order valence-electron chi connectivity index (χ4n) is 2.16. The van der Waals surface area contributed by atoms with E-state index in [0.29, 0.717) is 0 Å². The first-order chi connectivity index (χ1) is 6.86. The van der Waals surface area contributed by atoms with Crippen molar-refractivity contribution in [3.63, 3.8) is 0 Å². The lowest BCUT2D eigenvalue weighted by atomic mass is 9.91. The second-order valence-electron chi connectivity index (χ2n) is 3.68. The maximum Gasteiger partial charge on any atom is 0.0356 e. The molecule has 3 rings (SSSR count). The molecule has 0 fully saturated rings. The Morgan fingerprint density at radius 2 is 1.79 bits per heavy atom. The van der Waals surface area contributed by atoms with E-state index in [1.165, 1.54) is 21.9 Å². The first kappa shape index (κ1) is 7.63. The summed E-state index contributed by atoms with van der Waals surface area (Å²) in [7, 11) is 0. The molecular formula is C13H11N. The van der Waals surface area contributed by atoms with Crippen molar-refractivity contribution in [2.45, 2.75) is 6.42 Å². The molecule has 1 aliphatic rings. The van der Waals surface area contributed by atoms with E-state index >= 15 is 0 Å². The zero-order valence-corrected chi connectivity index (χ0v) is 7.83. The van der Waals surface area contributed by atoms with Crippen LogP contribution in [0.25, 0.3) is 16.5 Å². The lowest BCUT2D eigenvalue weighted by Crippen LogP contribution is -2.04. The first-order valence-corrected chi connectivity index (χ1v) is 4.83. The summed E-state index contributed by atoms with van der Waals surface area (Å²) in [4.78, 5) is 0. The molecule has 0 bridgehead atoms. The highest BCUT2D eigenvalue weighted by atomic mass is 14.6. The second kappa shape index (κ2) is 2.61. The molecule has 0 aromatic heterocycles. The fraction of sp³-hybridized carbons (Fsp3) is 0.0769. The SMILES string of the molecule is NC1=CCc2cccc3cccc1c23. The number of rotatable bonds is 0. The predicted molar refractivity (Wildman–Crippen MR) is 59.8 cm³/mol. The minimum absolute atomic E-state index is 0.911. The van der Waals surface area contributed by atoms with E-state index in [0.717, 1.165) is 12.1 Å². The maximum absolute atomic E-state index is 5.97. The molecular weight excluding hydrogens is 170 g/mol. The Labute approximate surface area is 82.9 Å². The quantitative estimate of drug-likeness (QED) is 0.664. The largest absolute Gasteiger partial charge is 0.398 e. The van der Waals surface area contributed by atoms with Crippen molar-refractivity contribution in [1.29, 1.82) is 0 Å². The van der Waals surface area contributed by atoms with E-state index in [1.54, 1.807) is 0 Å². The minimum atomic E-state index is 0.911. The van der Waals surface area contributed by atoms with E-state index in [4.69, 9.17) is 5.73 Å². The highest BCUT2D eigenvalue weighted by molar-refractivity contribution is 5.97. The van der Waals surface area contributed by atoms with Gasteiger partial charge >= 0.3 is 0 Å². The molecule has 2 aromatic rings. The van der Waals surface area contributed by atoms with Gasteiger partial charge in [-0.3, -0.25) is 0 Å². The summed E-state index contributed by atoms with van der Waals surface area (Å²) >= 11 is 0. The summed E-state index contributed by atoms with van der Waals surface area (Å²) in [6.45, 7) is 0. The highest BCUT2D eigenvalue weighted by Gasteiger charge is 2.11. The topological polar surface area (TPSA) is 26.0 Å². The zero-order valence-electron chi connectivity index (χ0n) is 7.83. The first-order valence-electron chi connectivity index (χ1n) is 4.83. The third-order valence-electron chi connectivity index (χ3n) is 2.84. The summed E-state index contributed by atoms with van der Waals surface area (Å²) in [5.74, 6) is 0. The number of nitrogens with two attached hydrogens (primary N) is 1. The molecule has 0 amide bonds. The van der Waals surface area contributed by atoms with Crippen molar-refractivity contribution in [3.8, 4) is 0 Å². The molecule has 14 heavy (non-hydrogen) atoms. The summed E-state index contributed by atoms with van der Waals surface area (Å²) in [6, 6.07) is 12.7. The number of hydrogen-bond acceptors (Lipinski definition) is 1. The molecule has 0 saturated heterocycles. The molecule has 1 nitrogen and oxygen atoms in total. The van der Waals surface area contributed by atoms with E-state index < -0.39 is 0 Å². The standard InChI is InChI=1S/C13H11N/c14-12-8-7-10-4-1-3-9-5-2-6-11(12)13(9)10/h1-6,8H,7,14H2. The zero-order chi connectivity index (χ0) is 9.54. The van der Waals surface area contributed by atoms with Crippen LogP contribution in [0, 0.1) is 0 Å². The van der Waals surface area contributed by atoms with Crippen LogP contribution in [-0.2, 0) is 6.42 Å². The van der Waals surface area contributed by atoms with Crippen LogP contribution in [0.1, 0.15) is 11.1 Å². The Morgan fingerprint density at radius 1 is 1.00 bits per heavy atom. The van der Waals surface area contributed by atoms with Gasteiger partial charge < -0.3 is 5.73 Å². The molecule has 0 atom stereocenters. The lowest BCUT2D eigenvalue weighted by molar-refractivity contribution is 1.26. The van der Waals surface area contributed by atoms with Gasteiger partial charge in [-0.05, 0) is 22.8 Å². The van der Waals surface area contributed by atoms with Crippen LogP contribution >= 0.6 is 0 Å². The Kier molecular flexibility index (Phi) is 1.42. The summed E-state index contributed by atoms with van der Waals surface area (Å²) < 4.78 is 0. The molecule has 0 radical (unpaired) electrons. The smallest absolute Gasteiger partial charge is 0.0356 e. The van der Waals surface area contributed by atoms with Gasteiger partial charge in [-0.25, -0.2) is 0 Å². The molecule has 2 N–H and O–H groups in total. The average molecular weight is 181 g/mol. The third-order valence-corrected chi connectivity index (χ3v) is 2.84. The Morgan fingerprint density at radius 3 is 2.64 bits per heavy atom. The van der Waals surface area contributed by atoms with Crippen LogP contribution in [0.2, 0.25) is 0 Å². The molecule has 0 aliphatic heterocycles. The van der Waals surface area contributed by atoms with E-state index in [9.17, 15) is 0 Å². The molecule has 0 heterocycles. The van der Waals surface area contributed by atoms with Crippen LogP contribution in [0.15, 0.2) is 42.5 Å². The van der Waals surface area contributed by atoms with E-state index in [2.05, 4.69) is 42.5 Å². The van der Waals surface area contributed by atoms with Gasteiger partial charge in [0.25, 0.3) is 0 Å². The molecule has 1 aliphatic carbocycles. The lowest BCUT2D eigenvalue weighted by Gasteiger charge is -2.15. The van der Waals surface area contributed by atoms with Gasteiger partial charge in [0.05, 0.1) is 0 Å². The Bertz CT molecular complexity index is 533. The van der Waals surface area contributed by atoms with Gasteiger partial charge in [0.15, 0.2) is 0 Å². The van der Waals surface area contributed by atoms with Crippen LogP contribution in [-0.4, -0.2) is 0 Å². The van der Waals surface area contributed by atoms with Crippen molar-refractivity contribution in [2.24, 2.45) is 5.73 Å². The molecule has 2 aromatic carbocycles. The van der Waals surface area contributed by atoms with Crippen molar-refractivity contribution in [3.05, 3.63) is 53.6 Å². The summed E-state index contributed by atoms with van der Waals surface area (Å²) in [5, 5.41) is 2.62. The minimum Gasteiger partial charge on any atom is -0.398 e. The number of hydrogen-bond donors (Lipinski definition) is 1. The van der Waals surface area contributed by atoms with E-state index in [-0.39, 0.29) is 0 Å². The predicted octanol–water partition coefficient (Wildman–Crippen LogP) is 2.70. The highest BCUT2D eigenvalue weighted by Crippen LogP contribution is 2.30. The monoisotopic (exact) mass is 181 g/mol. The maximum atomic E-state index is 5.97. The summed E-state index contributed by atoms with van der Waals surface area (Å²) in [6.07, 6.45) is 3.05. The molecule has 1 heteroatoms. The Balaban J connectivity index is 2.52. The average Bonchev–Trinajstić information content (AvgIpc) is 2.24. The van der Waals surface area contributed by atoms with Crippen LogP contribution < -0.4 is 5.73 Å². The van der Waals surface area contributed by atoms with Crippen molar-refractivity contribution >= 4 is 16.5 Å². The van der Waals surface area contributed by atoms with Gasteiger partial charge in [-0.15, -0.1) is 0 Å². The van der Waals surface area contributed by atoms with Crippen molar-refractivity contribution < 1.29 is 0 Å². The Hall–Kier alpha value is -1.76. The molecule has 68 valence electrons. The van der Waals surface area contributed by atoms with Gasteiger partial charge in [0.2, 0.25) is 0 Å². The molecule has 0 unspecified atom stereocenters. The van der Waals surface area contributed by atoms with E-state index in [1.807, 2.05) is 0 Å².